The van der Waals surface area contributed by atoms with Gasteiger partial charge in [-0.15, -0.1) is 0 Å². The lowest BCUT2D eigenvalue weighted by Gasteiger charge is -2.28. The van der Waals surface area contributed by atoms with E-state index in [1.807, 2.05) is 5.32 Å². The van der Waals surface area contributed by atoms with E-state index in [1.165, 1.54) is 0 Å². The summed E-state index contributed by atoms with van der Waals surface area (Å²) in [6.07, 6.45) is -1.79. The van der Waals surface area contributed by atoms with Gasteiger partial charge < -0.3 is 48.1 Å². The predicted octanol–water partition coefficient (Wildman–Crippen LogP) is -4.44. The number of thiol groups is 1. The number of carbonyl (C=O) groups excluding carboxylic acids is 5. The maximum atomic E-state index is 13.0. The van der Waals surface area contributed by atoms with Crippen LogP contribution in [0.15, 0.2) is 0 Å². The lowest BCUT2D eigenvalue weighted by atomic mass is 9.97. The van der Waals surface area contributed by atoms with Crippen LogP contribution in [0.5, 0.6) is 0 Å². The molecule has 15 nitrogen and oxygen atoms in total. The van der Waals surface area contributed by atoms with E-state index in [1.54, 1.807) is 13.8 Å². The van der Waals surface area contributed by atoms with Gasteiger partial charge in [-0.05, 0) is 12.8 Å². The molecular weight excluding hydrogens is 500 g/mol. The van der Waals surface area contributed by atoms with Crippen LogP contribution in [0, 0.1) is 5.92 Å². The largest absolute Gasteiger partial charge is 0.480 e. The minimum atomic E-state index is -1.72. The maximum Gasteiger partial charge on any atom is 0.328 e. The van der Waals surface area contributed by atoms with Crippen LogP contribution in [-0.4, -0.2) is 99.5 Å². The quantitative estimate of drug-likeness (QED) is 0.0846. The van der Waals surface area contributed by atoms with Gasteiger partial charge in [-0.25, -0.2) is 4.79 Å². The second kappa shape index (κ2) is 15.9. The predicted molar refractivity (Wildman–Crippen MR) is 129 cm³/mol. The summed E-state index contributed by atoms with van der Waals surface area (Å²) in [6, 6.07) is -7.08. The van der Waals surface area contributed by atoms with E-state index >= 15 is 0 Å². The van der Waals surface area contributed by atoms with E-state index in [-0.39, 0.29) is 5.75 Å². The first kappa shape index (κ1) is 33.0. The average molecular weight is 537 g/mol. The molecule has 0 spiro atoms. The van der Waals surface area contributed by atoms with Gasteiger partial charge in [0.1, 0.15) is 24.2 Å². The van der Waals surface area contributed by atoms with Crippen molar-refractivity contribution < 1.29 is 44.1 Å². The third-order valence-electron chi connectivity index (χ3n) is 5.23. The number of rotatable bonds is 16. The molecule has 0 saturated heterocycles. The highest BCUT2D eigenvalue weighted by atomic mass is 32.1. The van der Waals surface area contributed by atoms with Gasteiger partial charge >= 0.3 is 5.97 Å². The monoisotopic (exact) mass is 536 g/mol. The Morgan fingerprint density at radius 1 is 0.861 bits per heavy atom. The molecule has 0 aliphatic heterocycles. The van der Waals surface area contributed by atoms with Crippen LogP contribution < -0.4 is 32.7 Å². The fraction of sp³-hybridized carbons (Fsp3) is 0.700. The molecule has 0 radical (unpaired) electrons. The minimum Gasteiger partial charge on any atom is -0.480 e. The summed E-state index contributed by atoms with van der Waals surface area (Å²) in [6.45, 7) is 3.81. The van der Waals surface area contributed by atoms with E-state index in [2.05, 4.69) is 28.6 Å². The molecule has 36 heavy (non-hydrogen) atoms. The standard InChI is InChI=1S/C20H36N6O9S/c1-4-8(2)14(25-18(32)12(7-36)24-16(30)10(21)6-27)19(33)23-11(5-13(22)29)17(31)26-15(9(3)28)20(34)35/h8-12,14-15,27-28,36H,4-7,21H2,1-3H3,(H2,22,29)(H,23,33)(H,24,30)(H,25,32)(H,26,31)(H,34,35)/t8-,9+,10-,11-,12-,14-,15-/m0/s1. The van der Waals surface area contributed by atoms with Gasteiger partial charge in [-0.1, -0.05) is 20.3 Å². The summed E-state index contributed by atoms with van der Waals surface area (Å²) in [5.41, 5.74) is 10.6. The van der Waals surface area contributed by atoms with Crippen LogP contribution in [0.2, 0.25) is 0 Å². The van der Waals surface area contributed by atoms with Crippen molar-refractivity contribution in [1.82, 2.24) is 21.3 Å². The van der Waals surface area contributed by atoms with E-state index in [0.717, 1.165) is 6.92 Å². The maximum absolute atomic E-state index is 13.0. The Bertz CT molecular complexity index is 813. The molecule has 0 bridgehead atoms. The van der Waals surface area contributed by atoms with Crippen LogP contribution in [-0.2, 0) is 28.8 Å². The lowest BCUT2D eigenvalue weighted by molar-refractivity contribution is -0.145. The Morgan fingerprint density at radius 3 is 1.78 bits per heavy atom. The highest BCUT2D eigenvalue weighted by Gasteiger charge is 2.34. The Kier molecular flexibility index (Phi) is 14.6. The Labute approximate surface area is 213 Å². The molecule has 0 saturated carbocycles. The third kappa shape index (κ3) is 10.8. The number of aliphatic hydroxyl groups excluding tert-OH is 2. The third-order valence-corrected chi connectivity index (χ3v) is 5.59. The number of aliphatic carboxylic acids is 1. The van der Waals surface area contributed by atoms with Crippen molar-refractivity contribution in [2.24, 2.45) is 17.4 Å². The first-order valence-electron chi connectivity index (χ1n) is 11.1. The van der Waals surface area contributed by atoms with E-state index in [4.69, 9.17) is 21.7 Å². The summed E-state index contributed by atoms with van der Waals surface area (Å²) in [7, 11) is 0. The molecule has 0 aliphatic carbocycles. The van der Waals surface area contributed by atoms with E-state index < -0.39 is 90.8 Å². The Balaban J connectivity index is 5.72. The molecule has 0 heterocycles. The Morgan fingerprint density at radius 2 is 1.36 bits per heavy atom. The van der Waals surface area contributed by atoms with E-state index in [9.17, 15) is 33.9 Å². The van der Waals surface area contributed by atoms with Crippen molar-refractivity contribution in [1.29, 1.82) is 0 Å². The lowest BCUT2D eigenvalue weighted by Crippen LogP contribution is -2.61. The zero-order valence-electron chi connectivity index (χ0n) is 20.3. The van der Waals surface area contributed by atoms with E-state index in [0.29, 0.717) is 6.42 Å². The zero-order valence-corrected chi connectivity index (χ0v) is 21.2. The molecule has 0 aromatic carbocycles. The topological polar surface area (TPSA) is 263 Å². The van der Waals surface area contributed by atoms with Crippen LogP contribution in [0.4, 0.5) is 0 Å². The summed E-state index contributed by atoms with van der Waals surface area (Å²) in [5, 5.41) is 36.8. The Hall–Kier alpha value is -2.95. The molecule has 0 rings (SSSR count). The molecule has 0 aliphatic rings. The first-order valence-corrected chi connectivity index (χ1v) is 11.7. The van der Waals surface area contributed by atoms with Crippen molar-refractivity contribution in [2.75, 3.05) is 12.4 Å². The average Bonchev–Trinajstić information content (AvgIpc) is 2.81. The molecule has 0 unspecified atom stereocenters. The molecular formula is C20H36N6O9S. The zero-order chi connectivity index (χ0) is 28.2. The van der Waals surface area contributed by atoms with Gasteiger partial charge in [0, 0.05) is 5.75 Å². The van der Waals surface area contributed by atoms with Crippen molar-refractivity contribution in [3.8, 4) is 0 Å². The second-order valence-corrected chi connectivity index (χ2v) is 8.57. The summed E-state index contributed by atoms with van der Waals surface area (Å²) in [4.78, 5) is 73.1. The molecule has 0 aromatic heterocycles. The van der Waals surface area contributed by atoms with Gasteiger partial charge in [0.05, 0.1) is 19.1 Å². The SMILES string of the molecule is CC[C@H](C)[C@H](NC(=O)[C@H](CS)NC(=O)[C@@H](N)CO)C(=O)N[C@@H](CC(N)=O)C(=O)N[C@H](C(=O)O)[C@@H](C)O. The molecule has 0 fully saturated rings. The summed E-state index contributed by atoms with van der Waals surface area (Å²) < 4.78 is 0. The highest BCUT2D eigenvalue weighted by molar-refractivity contribution is 7.80. The van der Waals surface area contributed by atoms with Crippen molar-refractivity contribution in [2.45, 2.75) is 69.9 Å². The molecule has 0 aromatic rings. The number of carboxylic acid groups (broad SMARTS) is 1. The molecule has 16 heteroatoms. The normalized spacial score (nSPS) is 16.8. The van der Waals surface area contributed by atoms with Gasteiger partial charge in [-0.3, -0.25) is 24.0 Å². The molecule has 7 atom stereocenters. The summed E-state index contributed by atoms with van der Waals surface area (Å²) >= 11 is 4.01. The van der Waals surface area contributed by atoms with Crippen LogP contribution in [0.25, 0.3) is 0 Å². The van der Waals surface area contributed by atoms with Crippen LogP contribution in [0.1, 0.15) is 33.6 Å². The fourth-order valence-corrected chi connectivity index (χ4v) is 3.08. The van der Waals surface area contributed by atoms with Gasteiger partial charge in [-0.2, -0.15) is 12.6 Å². The van der Waals surface area contributed by atoms with Crippen LogP contribution >= 0.6 is 12.6 Å². The van der Waals surface area contributed by atoms with Crippen molar-refractivity contribution in [3.05, 3.63) is 0 Å². The number of hydrogen-bond donors (Lipinski definition) is 10. The second-order valence-electron chi connectivity index (χ2n) is 8.20. The molecule has 11 N–H and O–H groups in total. The first-order chi connectivity index (χ1) is 16.7. The highest BCUT2D eigenvalue weighted by Crippen LogP contribution is 2.10. The van der Waals surface area contributed by atoms with Crippen molar-refractivity contribution in [3.63, 3.8) is 0 Å². The number of nitrogens with one attached hydrogen (secondary N) is 4. The number of nitrogens with two attached hydrogens (primary N) is 2. The minimum absolute atomic E-state index is 0.173. The van der Waals surface area contributed by atoms with Crippen molar-refractivity contribution >= 4 is 48.1 Å². The molecule has 206 valence electrons. The van der Waals surface area contributed by atoms with Crippen LogP contribution in [0.3, 0.4) is 0 Å². The number of carboxylic acids is 1. The number of aliphatic hydroxyl groups is 2. The number of hydrogen-bond acceptors (Lipinski definition) is 10. The van der Waals surface area contributed by atoms with Gasteiger partial charge in [0.25, 0.3) is 0 Å². The number of amides is 5. The molecule has 5 amide bonds. The number of carbonyl (C=O) groups is 6. The number of primary amides is 1. The fourth-order valence-electron chi connectivity index (χ4n) is 2.83. The van der Waals surface area contributed by atoms with Gasteiger partial charge in [0.15, 0.2) is 6.04 Å². The smallest absolute Gasteiger partial charge is 0.328 e. The summed E-state index contributed by atoms with van der Waals surface area (Å²) in [5.74, 6) is -6.81. The van der Waals surface area contributed by atoms with Gasteiger partial charge in [0.2, 0.25) is 29.5 Å².